The van der Waals surface area contributed by atoms with Gasteiger partial charge in [0.1, 0.15) is 54.4 Å². The Balaban J connectivity index is 1.16. The Morgan fingerprint density at radius 1 is 0.833 bits per heavy atom. The summed E-state index contributed by atoms with van der Waals surface area (Å²) in [7, 11) is 1.51. The lowest BCUT2D eigenvalue weighted by Crippen LogP contribution is -2.59. The molecule has 6 N–H and O–H groups in total. The van der Waals surface area contributed by atoms with Crippen molar-refractivity contribution in [2.75, 3.05) is 26.9 Å². The quantitative estimate of drug-likeness (QED) is 0.0734. The zero-order valence-electron chi connectivity index (χ0n) is 40.7. The van der Waals surface area contributed by atoms with Crippen LogP contribution in [0.15, 0.2) is 133 Å². The molecule has 17 nitrogen and oxygen atoms in total. The van der Waals surface area contributed by atoms with E-state index in [9.17, 15) is 44.7 Å². The normalized spacial score (nSPS) is 24.6. The summed E-state index contributed by atoms with van der Waals surface area (Å²) >= 11 is 0. The monoisotopic (exact) mass is 992 g/mol. The van der Waals surface area contributed by atoms with Crippen LogP contribution in [0.3, 0.4) is 0 Å². The number of nitrogens with zero attached hydrogens (tertiary/aromatic N) is 1. The third-order valence-electron chi connectivity index (χ3n) is 12.7. The fraction of sp³-hybridized carbons (Fsp3) is 0.418. The second-order valence-corrected chi connectivity index (χ2v) is 19.0. The Morgan fingerprint density at radius 3 is 2.08 bits per heavy atom. The lowest BCUT2D eigenvalue weighted by molar-refractivity contribution is -0.298. The van der Waals surface area contributed by atoms with Crippen molar-refractivity contribution < 1.29 is 73.1 Å². The Bertz CT molecular complexity index is 2470. The highest BCUT2D eigenvalue weighted by molar-refractivity contribution is 5.98. The molecule has 0 spiro atoms. The second-order valence-electron chi connectivity index (χ2n) is 19.0. The first-order chi connectivity index (χ1) is 34.5. The molecule has 0 bridgehead atoms. The van der Waals surface area contributed by atoms with Gasteiger partial charge in [-0.2, -0.15) is 0 Å². The predicted octanol–water partition coefficient (Wildman–Crippen LogP) is 3.73. The number of hydrogen-bond donors (Lipinski definition) is 6. The molecule has 0 unspecified atom stereocenters. The molecular formula is C55H64N2O15. The molecule has 0 aromatic heterocycles. The molecule has 2 heterocycles. The smallest absolute Gasteiger partial charge is 0.339 e. The maximum atomic E-state index is 15.0. The summed E-state index contributed by atoms with van der Waals surface area (Å²) in [6, 6.07) is 32.4. The van der Waals surface area contributed by atoms with Crippen LogP contribution in [0.1, 0.15) is 72.6 Å². The summed E-state index contributed by atoms with van der Waals surface area (Å²) in [6.45, 7) is 4.00. The first-order valence-electron chi connectivity index (χ1n) is 24.0. The number of rotatable bonds is 19. The van der Waals surface area contributed by atoms with Crippen LogP contribution >= 0.6 is 0 Å². The highest BCUT2D eigenvalue weighted by Crippen LogP contribution is 2.47. The van der Waals surface area contributed by atoms with Crippen molar-refractivity contribution in [2.24, 2.45) is 0 Å². The number of benzene rings is 4. The molecule has 384 valence electrons. The number of carbonyl (C=O) groups is 4. The van der Waals surface area contributed by atoms with Gasteiger partial charge in [0.05, 0.1) is 31.4 Å². The number of aliphatic hydroxyl groups is 5. The number of aliphatic hydroxyl groups excluding tert-OH is 5. The van der Waals surface area contributed by atoms with Crippen molar-refractivity contribution in [2.45, 2.75) is 119 Å². The predicted molar refractivity (Wildman–Crippen MR) is 261 cm³/mol. The molecule has 0 saturated carbocycles. The van der Waals surface area contributed by atoms with E-state index in [4.69, 9.17) is 28.4 Å². The minimum absolute atomic E-state index is 0.0628. The number of nitrogens with one attached hydrogen (secondary N) is 1. The van der Waals surface area contributed by atoms with E-state index < -0.39 is 109 Å². The summed E-state index contributed by atoms with van der Waals surface area (Å²) in [6.07, 6.45) is -5.50. The second kappa shape index (κ2) is 24.1. The Labute approximate surface area is 418 Å². The zero-order valence-corrected chi connectivity index (χ0v) is 40.7. The van der Waals surface area contributed by atoms with Crippen LogP contribution in [0.5, 0.6) is 0 Å². The highest BCUT2D eigenvalue weighted by atomic mass is 16.8. The molecular weight excluding hydrogens is 929 g/mol. The first kappa shape index (κ1) is 53.7. The van der Waals surface area contributed by atoms with Crippen molar-refractivity contribution in [3.05, 3.63) is 161 Å². The van der Waals surface area contributed by atoms with E-state index in [-0.39, 0.29) is 43.4 Å². The number of ether oxygens (including phenoxy) is 6. The van der Waals surface area contributed by atoms with Gasteiger partial charge in [-0.05, 0) is 50.5 Å². The summed E-state index contributed by atoms with van der Waals surface area (Å²) in [5.41, 5.74) is 2.11. The molecule has 0 radical (unpaired) electrons. The SMILES string of the molecule is CN(C(=O)C1=C[C@H]2OC(c3ccccc3)(c3ccccc3)O[C@H]2[C@H](OC(=O)c2ccccc2C=CCO[C@H]2O[C@H](CO)[C@H](O)[C@H](O)[C@H]2O)C1)[C@H](Cc1ccccc1)C(=O)N[C@H](CO)CCC(=O)OC(C)(C)C. The van der Waals surface area contributed by atoms with Gasteiger partial charge in [-0.1, -0.05) is 121 Å². The molecule has 17 heteroatoms. The minimum atomic E-state index is -1.62. The van der Waals surface area contributed by atoms with E-state index in [0.29, 0.717) is 16.7 Å². The molecule has 4 aromatic rings. The van der Waals surface area contributed by atoms with Crippen molar-refractivity contribution in [1.82, 2.24) is 10.2 Å². The van der Waals surface area contributed by atoms with Crippen LogP contribution in [-0.4, -0.2) is 148 Å². The summed E-state index contributed by atoms with van der Waals surface area (Å²) < 4.78 is 36.7. The number of likely N-dealkylation sites (N-methyl/N-ethyl adjacent to an activating group) is 1. The maximum Gasteiger partial charge on any atom is 0.339 e. The Kier molecular flexibility index (Phi) is 17.9. The molecule has 7 rings (SSSR count). The van der Waals surface area contributed by atoms with E-state index in [1.807, 2.05) is 91.0 Å². The third-order valence-corrected chi connectivity index (χ3v) is 12.7. The molecule has 2 amide bonds. The Hall–Kier alpha value is -6.12. The molecule has 1 aliphatic carbocycles. The lowest BCUT2D eigenvalue weighted by Gasteiger charge is -2.39. The summed E-state index contributed by atoms with van der Waals surface area (Å²) in [5.74, 6) is -3.85. The average molecular weight is 993 g/mol. The number of esters is 2. The number of carbonyl (C=O) groups excluding carboxylic acids is 4. The third kappa shape index (κ3) is 12.9. The van der Waals surface area contributed by atoms with Gasteiger partial charge in [0.25, 0.3) is 0 Å². The van der Waals surface area contributed by atoms with Gasteiger partial charge in [0.2, 0.25) is 17.6 Å². The molecule has 10 atom stereocenters. The van der Waals surface area contributed by atoms with Gasteiger partial charge >= 0.3 is 11.9 Å². The van der Waals surface area contributed by atoms with Gasteiger partial charge in [-0.3, -0.25) is 14.4 Å². The first-order valence-corrected chi connectivity index (χ1v) is 24.0. The molecule has 2 saturated heterocycles. The van der Waals surface area contributed by atoms with E-state index in [0.717, 1.165) is 5.56 Å². The van der Waals surface area contributed by atoms with Gasteiger partial charge < -0.3 is 64.2 Å². The minimum Gasteiger partial charge on any atom is -0.460 e. The van der Waals surface area contributed by atoms with Gasteiger partial charge in [0, 0.05) is 43.0 Å². The standard InChI is InChI=1S/C55H64N2O15/c1-54(2,3)71-45(60)27-26-39(32-58)56-50(64)41(29-34-17-8-5-9-18-34)57(4)51(65)36-30-42(49-43(31-36)70-55(72-49,37-21-10-6-11-22-37)38-23-12-7-13-24-38)68-52(66)40-25-15-14-19-35(40)20-16-28-67-53-48(63)47(62)46(61)44(33-59)69-53/h5-25,31,39,41-44,46-49,53,58-59,61-63H,26-30,32-33H2,1-4H3,(H,56,64)/t39-,41+,42+,43+,44+,46-,47-,48+,49-,53-/m0/s1. The van der Waals surface area contributed by atoms with E-state index in [1.54, 1.807) is 63.3 Å². The molecule has 4 aromatic carbocycles. The van der Waals surface area contributed by atoms with E-state index in [1.165, 1.54) is 11.9 Å². The van der Waals surface area contributed by atoms with Crippen molar-refractivity contribution in [1.29, 1.82) is 0 Å². The van der Waals surface area contributed by atoms with Crippen LogP contribution in [0.4, 0.5) is 0 Å². The summed E-state index contributed by atoms with van der Waals surface area (Å²) in [4.78, 5) is 57.6. The van der Waals surface area contributed by atoms with Gasteiger partial charge in [-0.25, -0.2) is 4.79 Å². The molecule has 72 heavy (non-hydrogen) atoms. The van der Waals surface area contributed by atoms with Crippen LogP contribution in [0.2, 0.25) is 0 Å². The van der Waals surface area contributed by atoms with Crippen molar-refractivity contribution in [3.8, 4) is 0 Å². The average Bonchev–Trinajstić information content (AvgIpc) is 3.79. The van der Waals surface area contributed by atoms with Crippen LogP contribution in [-0.2, 0) is 55.0 Å². The fourth-order valence-electron chi connectivity index (χ4n) is 8.94. The van der Waals surface area contributed by atoms with E-state index in [2.05, 4.69) is 5.32 Å². The largest absolute Gasteiger partial charge is 0.460 e. The van der Waals surface area contributed by atoms with Crippen LogP contribution < -0.4 is 5.32 Å². The molecule has 2 fully saturated rings. The van der Waals surface area contributed by atoms with Crippen molar-refractivity contribution in [3.63, 3.8) is 0 Å². The molecule has 2 aliphatic heterocycles. The van der Waals surface area contributed by atoms with Gasteiger partial charge in [0.15, 0.2) is 6.29 Å². The van der Waals surface area contributed by atoms with Crippen LogP contribution in [0, 0.1) is 0 Å². The topological polar surface area (TPSA) is 240 Å². The zero-order chi connectivity index (χ0) is 51.6. The Morgan fingerprint density at radius 2 is 1.46 bits per heavy atom. The van der Waals surface area contributed by atoms with Crippen LogP contribution in [0.25, 0.3) is 6.08 Å². The fourth-order valence-corrected chi connectivity index (χ4v) is 8.94. The van der Waals surface area contributed by atoms with Crippen molar-refractivity contribution >= 4 is 29.8 Å². The molecule has 3 aliphatic rings. The number of hydrogen-bond acceptors (Lipinski definition) is 15. The number of fused-ring (bicyclic) bond motifs is 1. The highest BCUT2D eigenvalue weighted by Gasteiger charge is 2.55. The lowest BCUT2D eigenvalue weighted by atomic mass is 9.90. The van der Waals surface area contributed by atoms with E-state index >= 15 is 0 Å². The number of amides is 2. The maximum absolute atomic E-state index is 15.0. The van der Waals surface area contributed by atoms with Gasteiger partial charge in [-0.15, -0.1) is 0 Å². The summed E-state index contributed by atoms with van der Waals surface area (Å²) in [5, 5.41) is 53.5.